The van der Waals surface area contributed by atoms with Gasteiger partial charge in [-0.25, -0.2) is 0 Å². The van der Waals surface area contributed by atoms with Crippen molar-refractivity contribution in [2.24, 2.45) is 11.8 Å². The van der Waals surface area contributed by atoms with Crippen molar-refractivity contribution in [3.05, 3.63) is 24.3 Å². The highest BCUT2D eigenvalue weighted by atomic mass is 16.5. The van der Waals surface area contributed by atoms with Crippen molar-refractivity contribution >= 4 is 0 Å². The fourth-order valence-corrected chi connectivity index (χ4v) is 3.10. The van der Waals surface area contributed by atoms with Crippen molar-refractivity contribution in [3.8, 4) is 11.5 Å². The molecule has 1 saturated heterocycles. The number of rotatable bonds is 6. The van der Waals surface area contributed by atoms with E-state index in [4.69, 9.17) is 9.47 Å². The van der Waals surface area contributed by atoms with Gasteiger partial charge < -0.3 is 9.47 Å². The van der Waals surface area contributed by atoms with Gasteiger partial charge in [-0.1, -0.05) is 26.0 Å². The smallest absolute Gasteiger partial charge is 0.161 e. The van der Waals surface area contributed by atoms with Crippen LogP contribution < -0.4 is 9.47 Å². The van der Waals surface area contributed by atoms with E-state index >= 15 is 0 Å². The summed E-state index contributed by atoms with van der Waals surface area (Å²) in [5.41, 5.74) is 0. The third-order valence-electron chi connectivity index (χ3n) is 3.76. The van der Waals surface area contributed by atoms with Gasteiger partial charge in [0, 0.05) is 19.6 Å². The molecule has 112 valence electrons. The van der Waals surface area contributed by atoms with Crippen molar-refractivity contribution in [2.75, 3.05) is 32.8 Å². The van der Waals surface area contributed by atoms with Crippen LogP contribution in [0.4, 0.5) is 0 Å². The Hall–Kier alpha value is -1.22. The minimum Gasteiger partial charge on any atom is -0.490 e. The van der Waals surface area contributed by atoms with E-state index in [1.807, 2.05) is 31.2 Å². The second-order valence-corrected chi connectivity index (χ2v) is 5.93. The number of benzene rings is 1. The summed E-state index contributed by atoms with van der Waals surface area (Å²) < 4.78 is 11.5. The molecule has 1 aliphatic rings. The summed E-state index contributed by atoms with van der Waals surface area (Å²) in [7, 11) is 0. The van der Waals surface area contributed by atoms with Crippen molar-refractivity contribution in [1.29, 1.82) is 0 Å². The molecule has 2 rings (SSSR count). The maximum absolute atomic E-state index is 5.90. The Kier molecular flexibility index (Phi) is 5.72. The van der Waals surface area contributed by atoms with Crippen LogP contribution in [-0.4, -0.2) is 37.7 Å². The third-order valence-corrected chi connectivity index (χ3v) is 3.76. The van der Waals surface area contributed by atoms with Gasteiger partial charge in [0.05, 0.1) is 6.61 Å². The zero-order chi connectivity index (χ0) is 14.4. The summed E-state index contributed by atoms with van der Waals surface area (Å²) in [6, 6.07) is 7.91. The van der Waals surface area contributed by atoms with Crippen molar-refractivity contribution in [2.45, 2.75) is 27.2 Å². The largest absolute Gasteiger partial charge is 0.490 e. The van der Waals surface area contributed by atoms with Gasteiger partial charge in [0.25, 0.3) is 0 Å². The van der Waals surface area contributed by atoms with Gasteiger partial charge in [0.2, 0.25) is 0 Å². The Morgan fingerprint density at radius 3 is 2.25 bits per heavy atom. The molecule has 20 heavy (non-hydrogen) atoms. The molecule has 0 saturated carbocycles. The normalized spacial score (nSPS) is 23.6. The first-order chi connectivity index (χ1) is 9.69. The Labute approximate surface area is 122 Å². The van der Waals surface area contributed by atoms with E-state index in [-0.39, 0.29) is 0 Å². The van der Waals surface area contributed by atoms with Crippen molar-refractivity contribution in [1.82, 2.24) is 4.90 Å². The Balaban J connectivity index is 1.81. The Morgan fingerprint density at radius 2 is 1.65 bits per heavy atom. The fraction of sp³-hybridized carbons (Fsp3) is 0.647. The molecular formula is C17H27NO2. The zero-order valence-electron chi connectivity index (χ0n) is 13.0. The lowest BCUT2D eigenvalue weighted by Gasteiger charge is -2.34. The van der Waals surface area contributed by atoms with Gasteiger partial charge in [0.15, 0.2) is 11.5 Å². The van der Waals surface area contributed by atoms with Gasteiger partial charge in [-0.2, -0.15) is 0 Å². The summed E-state index contributed by atoms with van der Waals surface area (Å²) in [5.74, 6) is 3.30. The molecule has 1 heterocycles. The second kappa shape index (κ2) is 7.53. The van der Waals surface area contributed by atoms with Crippen LogP contribution in [0.1, 0.15) is 27.2 Å². The SMILES string of the molecule is CCOc1ccccc1OCCN1CC(C)CC(C)C1. The predicted molar refractivity (Wildman–Crippen MR) is 82.5 cm³/mol. The molecule has 1 fully saturated rings. The number of hydrogen-bond donors (Lipinski definition) is 0. The van der Waals surface area contributed by atoms with E-state index in [2.05, 4.69) is 18.7 Å². The monoisotopic (exact) mass is 277 g/mol. The minimum atomic E-state index is 0.668. The first kappa shape index (κ1) is 15.2. The maximum atomic E-state index is 5.90. The molecular weight excluding hydrogens is 250 g/mol. The summed E-state index contributed by atoms with van der Waals surface area (Å²) in [4.78, 5) is 2.52. The third kappa shape index (κ3) is 4.41. The average molecular weight is 277 g/mol. The standard InChI is InChI=1S/C17H27NO2/c1-4-19-16-7-5-6-8-17(16)20-10-9-18-12-14(2)11-15(3)13-18/h5-8,14-15H,4,9-13H2,1-3H3. The van der Waals surface area contributed by atoms with Crippen LogP contribution in [0.15, 0.2) is 24.3 Å². The molecule has 0 aliphatic carbocycles. The highest BCUT2D eigenvalue weighted by Crippen LogP contribution is 2.26. The zero-order valence-corrected chi connectivity index (χ0v) is 13.0. The number of hydrogen-bond acceptors (Lipinski definition) is 3. The lowest BCUT2D eigenvalue weighted by Crippen LogP contribution is -2.40. The van der Waals surface area contributed by atoms with Gasteiger partial charge in [-0.15, -0.1) is 0 Å². The van der Waals surface area contributed by atoms with Crippen LogP contribution in [0.25, 0.3) is 0 Å². The summed E-state index contributed by atoms with van der Waals surface area (Å²) in [6.07, 6.45) is 1.35. The van der Waals surface area contributed by atoms with Crippen LogP contribution >= 0.6 is 0 Å². The van der Waals surface area contributed by atoms with E-state index in [9.17, 15) is 0 Å². The Bertz CT molecular complexity index is 398. The predicted octanol–water partition coefficient (Wildman–Crippen LogP) is 3.44. The fourth-order valence-electron chi connectivity index (χ4n) is 3.10. The number of likely N-dealkylation sites (tertiary alicyclic amines) is 1. The average Bonchev–Trinajstić information content (AvgIpc) is 2.40. The number of nitrogens with zero attached hydrogens (tertiary/aromatic N) is 1. The quantitative estimate of drug-likeness (QED) is 0.795. The first-order valence-corrected chi connectivity index (χ1v) is 7.76. The van der Waals surface area contributed by atoms with E-state index in [1.54, 1.807) is 0 Å². The number of ether oxygens (including phenoxy) is 2. The Morgan fingerprint density at radius 1 is 1.05 bits per heavy atom. The molecule has 3 nitrogen and oxygen atoms in total. The minimum absolute atomic E-state index is 0.668. The summed E-state index contributed by atoms with van der Waals surface area (Å²) >= 11 is 0. The summed E-state index contributed by atoms with van der Waals surface area (Å²) in [6.45, 7) is 11.5. The molecule has 2 atom stereocenters. The van der Waals surface area contributed by atoms with Gasteiger partial charge in [0.1, 0.15) is 6.61 Å². The lowest BCUT2D eigenvalue weighted by molar-refractivity contribution is 0.119. The van der Waals surface area contributed by atoms with Crippen LogP contribution in [0.5, 0.6) is 11.5 Å². The van der Waals surface area contributed by atoms with Crippen LogP contribution in [0, 0.1) is 11.8 Å². The molecule has 0 bridgehead atoms. The first-order valence-electron chi connectivity index (χ1n) is 7.76. The molecule has 0 N–H and O–H groups in total. The van der Waals surface area contributed by atoms with Crippen LogP contribution in [-0.2, 0) is 0 Å². The molecule has 3 heteroatoms. The van der Waals surface area contributed by atoms with Gasteiger partial charge >= 0.3 is 0 Å². The second-order valence-electron chi connectivity index (χ2n) is 5.93. The van der Waals surface area contributed by atoms with Crippen molar-refractivity contribution in [3.63, 3.8) is 0 Å². The highest BCUT2D eigenvalue weighted by Gasteiger charge is 2.21. The molecule has 1 aromatic rings. The van der Waals surface area contributed by atoms with E-state index in [0.717, 1.165) is 36.5 Å². The van der Waals surface area contributed by atoms with Gasteiger partial charge in [-0.3, -0.25) is 4.90 Å². The van der Waals surface area contributed by atoms with E-state index in [0.29, 0.717) is 6.61 Å². The molecule has 0 amide bonds. The molecule has 0 radical (unpaired) electrons. The molecule has 2 unspecified atom stereocenters. The highest BCUT2D eigenvalue weighted by molar-refractivity contribution is 5.39. The molecule has 0 aromatic heterocycles. The topological polar surface area (TPSA) is 21.7 Å². The molecule has 0 spiro atoms. The van der Waals surface area contributed by atoms with Gasteiger partial charge in [-0.05, 0) is 37.3 Å². The van der Waals surface area contributed by atoms with Crippen LogP contribution in [0.3, 0.4) is 0 Å². The maximum Gasteiger partial charge on any atom is 0.161 e. The van der Waals surface area contributed by atoms with Crippen LogP contribution in [0.2, 0.25) is 0 Å². The number of piperidine rings is 1. The molecule has 1 aromatic carbocycles. The lowest BCUT2D eigenvalue weighted by atomic mass is 9.92. The van der Waals surface area contributed by atoms with E-state index < -0.39 is 0 Å². The summed E-state index contributed by atoms with van der Waals surface area (Å²) in [5, 5.41) is 0. The molecule has 1 aliphatic heterocycles. The van der Waals surface area contributed by atoms with Crippen molar-refractivity contribution < 1.29 is 9.47 Å². The van der Waals surface area contributed by atoms with E-state index in [1.165, 1.54) is 19.5 Å². The number of para-hydroxylation sites is 2.